The summed E-state index contributed by atoms with van der Waals surface area (Å²) in [6.07, 6.45) is 0.484. The highest BCUT2D eigenvalue weighted by atomic mass is 32.2. The van der Waals surface area contributed by atoms with E-state index in [1.54, 1.807) is 11.8 Å². The third-order valence-electron chi connectivity index (χ3n) is 2.17. The summed E-state index contributed by atoms with van der Waals surface area (Å²) in [5, 5.41) is 0.427. The number of benzene rings is 1. The van der Waals surface area contributed by atoms with Crippen molar-refractivity contribution in [1.29, 1.82) is 0 Å². The number of thioether (sulfide) groups is 1. The van der Waals surface area contributed by atoms with Crippen molar-refractivity contribution < 1.29 is 9.53 Å². The number of hydrogen-bond donors (Lipinski definition) is 0. The van der Waals surface area contributed by atoms with E-state index in [4.69, 9.17) is 0 Å². The number of carbonyl (C=O) groups is 1. The summed E-state index contributed by atoms with van der Waals surface area (Å²) >= 11 is 1.77. The van der Waals surface area contributed by atoms with E-state index in [9.17, 15) is 4.79 Å². The summed E-state index contributed by atoms with van der Waals surface area (Å²) in [4.78, 5) is 10.9. The molecule has 0 aliphatic rings. The monoisotopic (exact) mass is 224 g/mol. The van der Waals surface area contributed by atoms with Crippen molar-refractivity contribution in [1.82, 2.24) is 0 Å². The summed E-state index contributed by atoms with van der Waals surface area (Å²) in [6.45, 7) is 2.15. The lowest BCUT2D eigenvalue weighted by Gasteiger charge is -2.10. The summed E-state index contributed by atoms with van der Waals surface area (Å²) in [7, 11) is 1.42. The normalized spacial score (nSPS) is 12.1. The molecule has 0 fully saturated rings. The predicted molar refractivity (Wildman–Crippen MR) is 63.9 cm³/mol. The van der Waals surface area contributed by atoms with E-state index in [0.29, 0.717) is 11.7 Å². The van der Waals surface area contributed by atoms with Crippen molar-refractivity contribution in [2.75, 3.05) is 12.9 Å². The summed E-state index contributed by atoms with van der Waals surface area (Å²) in [5.41, 5.74) is 1.30. The number of esters is 1. The smallest absolute Gasteiger partial charge is 0.306 e. The van der Waals surface area contributed by atoms with Crippen molar-refractivity contribution >= 4 is 17.7 Å². The minimum atomic E-state index is -0.136. The van der Waals surface area contributed by atoms with Crippen LogP contribution in [0.5, 0.6) is 0 Å². The average molecular weight is 224 g/mol. The number of hydrogen-bond acceptors (Lipinski definition) is 3. The highest BCUT2D eigenvalue weighted by molar-refractivity contribution is 7.99. The zero-order valence-electron chi connectivity index (χ0n) is 9.10. The Morgan fingerprint density at radius 3 is 2.67 bits per heavy atom. The van der Waals surface area contributed by atoms with Gasteiger partial charge in [-0.1, -0.05) is 30.3 Å². The molecule has 1 rings (SSSR count). The number of methoxy groups -OCH3 is 1. The first-order chi connectivity index (χ1) is 7.24. The molecule has 1 aromatic carbocycles. The average Bonchev–Trinajstić information content (AvgIpc) is 2.29. The molecule has 0 aliphatic carbocycles. The second-order valence-electron chi connectivity index (χ2n) is 3.25. The molecule has 0 N–H and O–H groups in total. The molecule has 1 aromatic rings. The van der Waals surface area contributed by atoms with Gasteiger partial charge in [-0.15, -0.1) is 0 Å². The van der Waals surface area contributed by atoms with Crippen LogP contribution in [0.2, 0.25) is 0 Å². The van der Waals surface area contributed by atoms with Crippen LogP contribution in [0.1, 0.15) is 24.2 Å². The lowest BCUT2D eigenvalue weighted by Crippen LogP contribution is -2.02. The number of rotatable bonds is 5. The third kappa shape index (κ3) is 4.38. The van der Waals surface area contributed by atoms with Crippen molar-refractivity contribution in [3.63, 3.8) is 0 Å². The number of ether oxygens (including phenoxy) is 1. The Hall–Kier alpha value is -0.960. The molecule has 0 saturated carbocycles. The fourth-order valence-corrected chi connectivity index (χ4v) is 2.23. The van der Waals surface area contributed by atoms with Crippen LogP contribution in [0.4, 0.5) is 0 Å². The SMILES string of the molecule is COC(=O)CCSC(C)c1ccccc1. The van der Waals surface area contributed by atoms with Gasteiger partial charge in [-0.2, -0.15) is 11.8 Å². The van der Waals surface area contributed by atoms with Crippen LogP contribution in [0.15, 0.2) is 30.3 Å². The van der Waals surface area contributed by atoms with E-state index >= 15 is 0 Å². The highest BCUT2D eigenvalue weighted by Crippen LogP contribution is 2.28. The van der Waals surface area contributed by atoms with E-state index in [-0.39, 0.29) is 5.97 Å². The second-order valence-corrected chi connectivity index (χ2v) is 4.70. The van der Waals surface area contributed by atoms with Gasteiger partial charge in [-0.05, 0) is 12.5 Å². The first-order valence-electron chi connectivity index (χ1n) is 4.97. The molecule has 0 saturated heterocycles. The molecule has 0 amide bonds. The molecule has 1 atom stereocenters. The van der Waals surface area contributed by atoms with Crippen LogP contribution in [0.25, 0.3) is 0 Å². The van der Waals surface area contributed by atoms with E-state index in [0.717, 1.165) is 5.75 Å². The van der Waals surface area contributed by atoms with Crippen LogP contribution < -0.4 is 0 Å². The van der Waals surface area contributed by atoms with E-state index in [2.05, 4.69) is 23.8 Å². The molecule has 82 valence electrons. The fourth-order valence-electron chi connectivity index (χ4n) is 1.24. The van der Waals surface area contributed by atoms with Crippen molar-refractivity contribution in [2.24, 2.45) is 0 Å². The molecule has 0 radical (unpaired) electrons. The minimum Gasteiger partial charge on any atom is -0.469 e. The maximum absolute atomic E-state index is 10.9. The largest absolute Gasteiger partial charge is 0.469 e. The second kappa shape index (κ2) is 6.51. The van der Waals surface area contributed by atoms with Crippen molar-refractivity contribution in [3.05, 3.63) is 35.9 Å². The topological polar surface area (TPSA) is 26.3 Å². The Bertz CT molecular complexity index is 298. The van der Waals surface area contributed by atoms with E-state index in [1.807, 2.05) is 18.2 Å². The third-order valence-corrected chi connectivity index (χ3v) is 3.38. The lowest BCUT2D eigenvalue weighted by atomic mass is 10.2. The fraction of sp³-hybridized carbons (Fsp3) is 0.417. The molecule has 15 heavy (non-hydrogen) atoms. The predicted octanol–water partition coefficient (Wildman–Crippen LogP) is 3.04. The van der Waals surface area contributed by atoms with Crippen LogP contribution in [0, 0.1) is 0 Å². The maximum Gasteiger partial charge on any atom is 0.306 e. The van der Waals surface area contributed by atoms with Gasteiger partial charge in [0.25, 0.3) is 0 Å². The van der Waals surface area contributed by atoms with Gasteiger partial charge in [-0.3, -0.25) is 4.79 Å². The van der Waals surface area contributed by atoms with Crippen molar-refractivity contribution in [2.45, 2.75) is 18.6 Å². The van der Waals surface area contributed by atoms with Crippen LogP contribution >= 0.6 is 11.8 Å². The quantitative estimate of drug-likeness (QED) is 0.719. The van der Waals surface area contributed by atoms with Gasteiger partial charge in [-0.25, -0.2) is 0 Å². The molecule has 0 bridgehead atoms. The molecule has 0 aliphatic heterocycles. The first-order valence-corrected chi connectivity index (χ1v) is 6.02. The summed E-state index contributed by atoms with van der Waals surface area (Å²) in [6, 6.07) is 10.3. The van der Waals surface area contributed by atoms with Gasteiger partial charge in [0, 0.05) is 11.0 Å². The Labute approximate surface area is 95.0 Å². The van der Waals surface area contributed by atoms with Gasteiger partial charge in [0.1, 0.15) is 0 Å². The molecular formula is C12H16O2S. The number of carbonyl (C=O) groups excluding carboxylic acids is 1. The van der Waals surface area contributed by atoms with Gasteiger partial charge < -0.3 is 4.74 Å². The molecule has 0 heterocycles. The van der Waals surface area contributed by atoms with Gasteiger partial charge in [0.2, 0.25) is 0 Å². The Kier molecular flexibility index (Phi) is 5.26. The summed E-state index contributed by atoms with van der Waals surface area (Å²) < 4.78 is 4.59. The van der Waals surface area contributed by atoms with E-state index < -0.39 is 0 Å². The Morgan fingerprint density at radius 1 is 1.40 bits per heavy atom. The van der Waals surface area contributed by atoms with Gasteiger partial charge in [0.15, 0.2) is 0 Å². The van der Waals surface area contributed by atoms with Crippen LogP contribution in [0.3, 0.4) is 0 Å². The maximum atomic E-state index is 10.9. The Morgan fingerprint density at radius 2 is 2.07 bits per heavy atom. The van der Waals surface area contributed by atoms with Crippen LogP contribution in [-0.4, -0.2) is 18.8 Å². The molecule has 2 nitrogen and oxygen atoms in total. The standard InChI is InChI=1S/C12H16O2S/c1-10(11-6-4-3-5-7-11)15-9-8-12(13)14-2/h3-7,10H,8-9H2,1-2H3. The zero-order chi connectivity index (χ0) is 11.1. The summed E-state index contributed by atoms with van der Waals surface area (Å²) in [5.74, 6) is 0.672. The zero-order valence-corrected chi connectivity index (χ0v) is 9.92. The lowest BCUT2D eigenvalue weighted by molar-refractivity contribution is -0.140. The molecular weight excluding hydrogens is 208 g/mol. The molecule has 3 heteroatoms. The van der Waals surface area contributed by atoms with Gasteiger partial charge >= 0.3 is 5.97 Å². The Balaban J connectivity index is 2.31. The molecule has 0 aromatic heterocycles. The van der Waals surface area contributed by atoms with Gasteiger partial charge in [0.05, 0.1) is 13.5 Å². The molecule has 0 spiro atoms. The molecule has 1 unspecified atom stereocenters. The van der Waals surface area contributed by atoms with E-state index in [1.165, 1.54) is 12.7 Å². The van der Waals surface area contributed by atoms with Crippen molar-refractivity contribution in [3.8, 4) is 0 Å². The first kappa shape index (κ1) is 12.1. The van der Waals surface area contributed by atoms with Crippen LogP contribution in [-0.2, 0) is 9.53 Å². The minimum absolute atomic E-state index is 0.136. The highest BCUT2D eigenvalue weighted by Gasteiger charge is 2.06.